The lowest BCUT2D eigenvalue weighted by atomic mass is 10.2. The predicted molar refractivity (Wildman–Crippen MR) is 125 cm³/mol. The minimum absolute atomic E-state index is 0.192. The van der Waals surface area contributed by atoms with Crippen molar-refractivity contribution in [1.82, 2.24) is 14.6 Å². The lowest BCUT2D eigenvalue weighted by Crippen LogP contribution is -2.23. The fourth-order valence-corrected chi connectivity index (χ4v) is 4.23. The van der Waals surface area contributed by atoms with Crippen LogP contribution in [0.25, 0.3) is 22.4 Å². The summed E-state index contributed by atoms with van der Waals surface area (Å²) in [5.41, 5.74) is 2.59. The average molecular weight is 442 g/mol. The van der Waals surface area contributed by atoms with Gasteiger partial charge in [-0.05, 0) is 29.3 Å². The Balaban J connectivity index is 1.43. The van der Waals surface area contributed by atoms with Crippen LogP contribution in [0.2, 0.25) is 0 Å². The van der Waals surface area contributed by atoms with Crippen LogP contribution < -0.4 is 19.6 Å². The van der Waals surface area contributed by atoms with E-state index in [1.165, 1.54) is 15.9 Å². The van der Waals surface area contributed by atoms with E-state index in [2.05, 4.69) is 10.1 Å². The predicted octanol–water partition coefficient (Wildman–Crippen LogP) is 3.95. The molecule has 0 radical (unpaired) electrons. The van der Waals surface area contributed by atoms with Crippen molar-refractivity contribution in [3.8, 4) is 22.9 Å². The summed E-state index contributed by atoms with van der Waals surface area (Å²) in [5.74, 6) is 1.79. The fourth-order valence-electron chi connectivity index (χ4n) is 3.32. The van der Waals surface area contributed by atoms with Gasteiger partial charge in [0.05, 0.1) is 11.6 Å². The topological polar surface area (TPSA) is 65.7 Å². The number of thiazole rings is 1. The highest BCUT2D eigenvalue weighted by molar-refractivity contribution is 7.15. The number of methoxy groups -OCH3 is 1. The average Bonchev–Trinajstić information content (AvgIpc) is 3.38. The van der Waals surface area contributed by atoms with E-state index < -0.39 is 0 Å². The van der Waals surface area contributed by atoms with Crippen molar-refractivity contribution in [2.24, 2.45) is 0 Å². The molecule has 0 fully saturated rings. The Morgan fingerprint density at radius 3 is 2.44 bits per heavy atom. The molecule has 3 aromatic carbocycles. The highest BCUT2D eigenvalue weighted by atomic mass is 32.1. The van der Waals surface area contributed by atoms with Crippen LogP contribution in [0.4, 0.5) is 0 Å². The number of benzene rings is 3. The summed E-state index contributed by atoms with van der Waals surface area (Å²) in [6.07, 6.45) is 1.81. The largest absolute Gasteiger partial charge is 0.493 e. The molecule has 2 heterocycles. The normalized spacial score (nSPS) is 11.7. The number of ether oxygens (including phenoxy) is 2. The summed E-state index contributed by atoms with van der Waals surface area (Å²) < 4.78 is 13.3. The number of nitrogens with zero attached hydrogens (tertiary/aromatic N) is 3. The molecule has 0 aliphatic carbocycles. The van der Waals surface area contributed by atoms with Crippen LogP contribution in [0.15, 0.2) is 83.7 Å². The molecule has 0 aliphatic rings. The number of hydrogen-bond acceptors (Lipinski definition) is 6. The summed E-state index contributed by atoms with van der Waals surface area (Å²) in [5, 5.41) is 4.38. The number of rotatable bonds is 6. The molecule has 6 nitrogen and oxygen atoms in total. The first-order valence-corrected chi connectivity index (χ1v) is 10.8. The molecule has 32 heavy (non-hydrogen) atoms. The van der Waals surface area contributed by atoms with E-state index in [1.807, 2.05) is 84.9 Å². The van der Waals surface area contributed by atoms with Crippen molar-refractivity contribution in [2.45, 2.75) is 6.61 Å². The van der Waals surface area contributed by atoms with E-state index in [0.29, 0.717) is 33.4 Å². The van der Waals surface area contributed by atoms with Crippen molar-refractivity contribution in [3.63, 3.8) is 0 Å². The third kappa shape index (κ3) is 3.98. The zero-order valence-corrected chi connectivity index (χ0v) is 18.1. The first-order valence-electron chi connectivity index (χ1n) is 10.0. The lowest BCUT2D eigenvalue weighted by Gasteiger charge is -2.11. The zero-order chi connectivity index (χ0) is 21.9. The molecular weight excluding hydrogens is 422 g/mol. The molecule has 7 heteroatoms. The van der Waals surface area contributed by atoms with Gasteiger partial charge in [0, 0.05) is 5.56 Å². The Bertz CT molecular complexity index is 1480. The van der Waals surface area contributed by atoms with E-state index in [0.717, 1.165) is 16.7 Å². The molecule has 2 aromatic heterocycles. The molecule has 0 saturated carbocycles. The molecule has 0 atom stereocenters. The van der Waals surface area contributed by atoms with Gasteiger partial charge in [-0.3, -0.25) is 4.79 Å². The summed E-state index contributed by atoms with van der Waals surface area (Å²) in [6.45, 7) is 0.447. The SMILES string of the molecule is COc1cc(C=c2sc3nc(-c4ccccc4)nn3c2=O)ccc1OCc1ccccc1. The Hall–Kier alpha value is -3.97. The van der Waals surface area contributed by atoms with Gasteiger partial charge in [0.1, 0.15) is 6.61 Å². The highest BCUT2D eigenvalue weighted by Crippen LogP contribution is 2.29. The minimum atomic E-state index is -0.192. The van der Waals surface area contributed by atoms with Crippen molar-refractivity contribution >= 4 is 22.4 Å². The summed E-state index contributed by atoms with van der Waals surface area (Å²) in [6, 6.07) is 25.2. The van der Waals surface area contributed by atoms with E-state index in [1.54, 1.807) is 7.11 Å². The Morgan fingerprint density at radius 1 is 0.969 bits per heavy atom. The second kappa shape index (κ2) is 8.64. The van der Waals surface area contributed by atoms with Crippen molar-refractivity contribution in [3.05, 3.63) is 105 Å². The maximum Gasteiger partial charge on any atom is 0.291 e. The third-order valence-electron chi connectivity index (χ3n) is 4.94. The van der Waals surface area contributed by atoms with Crippen LogP contribution in [-0.2, 0) is 6.61 Å². The Labute approximate surface area is 188 Å². The summed E-state index contributed by atoms with van der Waals surface area (Å²) in [4.78, 5) is 17.9. The first kappa shape index (κ1) is 20.0. The van der Waals surface area contributed by atoms with E-state index in [-0.39, 0.29) is 5.56 Å². The maximum absolute atomic E-state index is 12.8. The molecule has 0 amide bonds. The Kier molecular flexibility index (Phi) is 5.39. The minimum Gasteiger partial charge on any atom is -0.493 e. The van der Waals surface area contributed by atoms with Crippen LogP contribution in [0.1, 0.15) is 11.1 Å². The molecule has 158 valence electrons. The number of hydrogen-bond donors (Lipinski definition) is 0. The molecule has 0 saturated heterocycles. The molecule has 0 bridgehead atoms. The van der Waals surface area contributed by atoms with Crippen LogP contribution in [0.5, 0.6) is 11.5 Å². The van der Waals surface area contributed by atoms with Gasteiger partial charge in [-0.15, -0.1) is 5.10 Å². The van der Waals surface area contributed by atoms with Gasteiger partial charge in [-0.1, -0.05) is 78.1 Å². The van der Waals surface area contributed by atoms with Crippen molar-refractivity contribution < 1.29 is 9.47 Å². The van der Waals surface area contributed by atoms with Gasteiger partial charge >= 0.3 is 0 Å². The molecule has 0 aliphatic heterocycles. The highest BCUT2D eigenvalue weighted by Gasteiger charge is 2.12. The Morgan fingerprint density at radius 2 is 1.72 bits per heavy atom. The second-order valence-corrected chi connectivity index (χ2v) is 8.11. The van der Waals surface area contributed by atoms with Gasteiger partial charge < -0.3 is 9.47 Å². The standard InChI is InChI=1S/C25H19N3O3S/c1-30-21-14-18(12-13-20(21)31-16-17-8-4-2-5-9-17)15-22-24(29)28-25(32-22)26-23(27-28)19-10-6-3-7-11-19/h2-15H,16H2,1H3. The van der Waals surface area contributed by atoms with E-state index in [9.17, 15) is 4.79 Å². The van der Waals surface area contributed by atoms with Crippen molar-refractivity contribution in [1.29, 1.82) is 0 Å². The quantitative estimate of drug-likeness (QED) is 0.399. The van der Waals surface area contributed by atoms with Crippen LogP contribution in [0, 0.1) is 0 Å². The van der Waals surface area contributed by atoms with Gasteiger partial charge in [-0.2, -0.15) is 9.50 Å². The van der Waals surface area contributed by atoms with Gasteiger partial charge in [0.15, 0.2) is 17.3 Å². The number of aromatic nitrogens is 3. The summed E-state index contributed by atoms with van der Waals surface area (Å²) in [7, 11) is 1.60. The third-order valence-corrected chi connectivity index (χ3v) is 5.90. The second-order valence-electron chi connectivity index (χ2n) is 7.10. The summed E-state index contributed by atoms with van der Waals surface area (Å²) >= 11 is 1.31. The molecule has 5 aromatic rings. The molecule has 0 spiro atoms. The van der Waals surface area contributed by atoms with Crippen LogP contribution in [0.3, 0.4) is 0 Å². The molecular formula is C25H19N3O3S. The molecule has 0 unspecified atom stereocenters. The van der Waals surface area contributed by atoms with Gasteiger partial charge in [0.25, 0.3) is 5.56 Å². The molecule has 5 rings (SSSR count). The maximum atomic E-state index is 12.8. The van der Waals surface area contributed by atoms with E-state index >= 15 is 0 Å². The molecule has 0 N–H and O–H groups in total. The number of fused-ring (bicyclic) bond motifs is 1. The van der Waals surface area contributed by atoms with Gasteiger partial charge in [0.2, 0.25) is 4.96 Å². The fraction of sp³-hybridized carbons (Fsp3) is 0.0800. The van der Waals surface area contributed by atoms with Crippen LogP contribution in [-0.4, -0.2) is 21.7 Å². The van der Waals surface area contributed by atoms with Crippen LogP contribution >= 0.6 is 11.3 Å². The van der Waals surface area contributed by atoms with Crippen molar-refractivity contribution in [2.75, 3.05) is 7.11 Å². The lowest BCUT2D eigenvalue weighted by molar-refractivity contribution is 0.284. The van der Waals surface area contributed by atoms with Gasteiger partial charge in [-0.25, -0.2) is 0 Å². The monoisotopic (exact) mass is 441 g/mol. The zero-order valence-electron chi connectivity index (χ0n) is 17.3. The smallest absolute Gasteiger partial charge is 0.291 e. The first-order chi connectivity index (χ1) is 15.7. The van der Waals surface area contributed by atoms with E-state index in [4.69, 9.17) is 9.47 Å².